The predicted octanol–water partition coefficient (Wildman–Crippen LogP) is 4.72. The van der Waals surface area contributed by atoms with Gasteiger partial charge in [0.25, 0.3) is 0 Å². The van der Waals surface area contributed by atoms with E-state index in [2.05, 4.69) is 6.08 Å². The summed E-state index contributed by atoms with van der Waals surface area (Å²) in [5.41, 5.74) is 3.05. The third-order valence-electron chi connectivity index (χ3n) is 4.79. The fourth-order valence-corrected chi connectivity index (χ4v) is 3.38. The Hall–Kier alpha value is -2.17. The minimum absolute atomic E-state index is 0.281. The number of benzene rings is 2. The molecule has 2 aromatic rings. The van der Waals surface area contributed by atoms with Gasteiger partial charge in [0, 0.05) is 12.8 Å². The fraction of sp³-hybridized carbons (Fsp3) is 0.333. The zero-order chi connectivity index (χ0) is 17.1. The van der Waals surface area contributed by atoms with Crippen LogP contribution in [0.2, 0.25) is 0 Å². The molecule has 4 heteroatoms. The smallest absolute Gasteiger partial charge is 0.172 e. The van der Waals surface area contributed by atoms with Gasteiger partial charge in [-0.25, -0.2) is 4.39 Å². The van der Waals surface area contributed by atoms with Crippen molar-refractivity contribution in [2.24, 2.45) is 0 Å². The minimum Gasteiger partial charge on any atom is -0.486 e. The van der Waals surface area contributed by atoms with E-state index in [1.807, 2.05) is 36.4 Å². The fourth-order valence-electron chi connectivity index (χ4n) is 3.38. The zero-order valence-corrected chi connectivity index (χ0v) is 14.0. The second-order valence-electron chi connectivity index (χ2n) is 6.46. The summed E-state index contributed by atoms with van der Waals surface area (Å²) in [5, 5.41) is 0. The maximum absolute atomic E-state index is 14.4. The van der Waals surface area contributed by atoms with Crippen LogP contribution in [0.15, 0.2) is 54.6 Å². The molecule has 0 N–H and O–H groups in total. The Morgan fingerprint density at radius 3 is 2.52 bits per heavy atom. The van der Waals surface area contributed by atoms with Crippen LogP contribution in [0.1, 0.15) is 30.4 Å². The van der Waals surface area contributed by atoms with Crippen LogP contribution >= 0.6 is 0 Å². The number of hydrogen-bond acceptors (Lipinski definition) is 3. The molecule has 1 aliphatic carbocycles. The molecule has 130 valence electrons. The molecule has 0 atom stereocenters. The Bertz CT molecular complexity index is 764. The molecule has 1 heterocycles. The second-order valence-corrected chi connectivity index (χ2v) is 6.46. The van der Waals surface area contributed by atoms with Crippen LogP contribution in [0.5, 0.6) is 5.75 Å². The maximum Gasteiger partial charge on any atom is 0.172 e. The van der Waals surface area contributed by atoms with Crippen molar-refractivity contribution in [3.8, 4) is 5.75 Å². The van der Waals surface area contributed by atoms with E-state index >= 15 is 0 Å². The molecule has 1 spiro atoms. The van der Waals surface area contributed by atoms with Gasteiger partial charge in [0.15, 0.2) is 17.4 Å². The van der Waals surface area contributed by atoms with Crippen molar-refractivity contribution in [1.82, 2.24) is 0 Å². The lowest BCUT2D eigenvalue weighted by molar-refractivity contribution is -0.159. The van der Waals surface area contributed by atoms with Crippen LogP contribution in [0, 0.1) is 5.82 Å². The van der Waals surface area contributed by atoms with Gasteiger partial charge in [-0.05, 0) is 35.3 Å². The van der Waals surface area contributed by atoms with E-state index < -0.39 is 5.79 Å². The van der Waals surface area contributed by atoms with E-state index in [0.717, 1.165) is 36.0 Å². The summed E-state index contributed by atoms with van der Waals surface area (Å²) in [7, 11) is 0. The van der Waals surface area contributed by atoms with Crippen LogP contribution < -0.4 is 4.74 Å². The molecule has 2 aliphatic rings. The van der Waals surface area contributed by atoms with Crippen molar-refractivity contribution in [3.63, 3.8) is 0 Å². The first kappa shape index (κ1) is 16.3. The zero-order valence-electron chi connectivity index (χ0n) is 14.0. The summed E-state index contributed by atoms with van der Waals surface area (Å²) in [5.74, 6) is -0.494. The minimum atomic E-state index is -0.444. The molecular weight excluding hydrogens is 319 g/mol. The van der Waals surface area contributed by atoms with Crippen molar-refractivity contribution in [2.75, 3.05) is 13.2 Å². The van der Waals surface area contributed by atoms with E-state index in [1.54, 1.807) is 12.1 Å². The summed E-state index contributed by atoms with van der Waals surface area (Å²) in [6.07, 6.45) is 4.46. The van der Waals surface area contributed by atoms with Gasteiger partial charge in [-0.2, -0.15) is 0 Å². The van der Waals surface area contributed by atoms with Crippen molar-refractivity contribution in [2.45, 2.75) is 31.7 Å². The van der Waals surface area contributed by atoms with E-state index in [4.69, 9.17) is 14.2 Å². The third-order valence-corrected chi connectivity index (χ3v) is 4.79. The number of allylic oxidation sites excluding steroid dienone is 1. The Kier molecular flexibility index (Phi) is 4.55. The van der Waals surface area contributed by atoms with Crippen molar-refractivity contribution >= 4 is 5.57 Å². The quantitative estimate of drug-likeness (QED) is 0.806. The first-order valence-corrected chi connectivity index (χ1v) is 8.68. The number of rotatable bonds is 4. The molecule has 0 saturated carbocycles. The Labute approximate surface area is 147 Å². The van der Waals surface area contributed by atoms with Crippen LogP contribution in [0.4, 0.5) is 4.39 Å². The maximum atomic E-state index is 14.4. The molecule has 4 rings (SSSR count). The topological polar surface area (TPSA) is 27.7 Å². The average molecular weight is 340 g/mol. The summed E-state index contributed by atoms with van der Waals surface area (Å²) in [4.78, 5) is 0. The standard InChI is InChI=1S/C21H21FO3/c22-19-14-18(17-8-10-21(11-9-17)24-12-13-25-21)6-7-20(19)23-15-16-4-2-1-3-5-16/h1-8,14H,9-13,15H2. The van der Waals surface area contributed by atoms with Crippen LogP contribution in [-0.2, 0) is 16.1 Å². The second kappa shape index (κ2) is 6.98. The summed E-state index contributed by atoms with van der Waals surface area (Å²) in [6, 6.07) is 14.9. The largest absolute Gasteiger partial charge is 0.486 e. The predicted molar refractivity (Wildman–Crippen MR) is 93.6 cm³/mol. The molecule has 0 unspecified atom stereocenters. The molecule has 2 aromatic carbocycles. The molecular formula is C21H21FO3. The van der Waals surface area contributed by atoms with E-state index in [1.165, 1.54) is 0 Å². The normalized spacial score (nSPS) is 19.0. The lowest BCUT2D eigenvalue weighted by atomic mass is 9.90. The van der Waals surface area contributed by atoms with E-state index in [-0.39, 0.29) is 11.6 Å². The highest BCUT2D eigenvalue weighted by Crippen LogP contribution is 2.38. The molecule has 3 nitrogen and oxygen atoms in total. The molecule has 0 bridgehead atoms. The summed E-state index contributed by atoms with van der Waals surface area (Å²) >= 11 is 0. The molecule has 25 heavy (non-hydrogen) atoms. The van der Waals surface area contributed by atoms with Gasteiger partial charge in [0.2, 0.25) is 0 Å². The van der Waals surface area contributed by atoms with Gasteiger partial charge in [-0.1, -0.05) is 42.5 Å². The van der Waals surface area contributed by atoms with E-state index in [9.17, 15) is 4.39 Å². The van der Waals surface area contributed by atoms with Crippen molar-refractivity contribution in [3.05, 3.63) is 71.6 Å². The van der Waals surface area contributed by atoms with Crippen LogP contribution in [-0.4, -0.2) is 19.0 Å². The average Bonchev–Trinajstić information content (AvgIpc) is 3.10. The summed E-state index contributed by atoms with van der Waals surface area (Å²) < 4.78 is 31.5. The van der Waals surface area contributed by atoms with Gasteiger partial charge in [-0.15, -0.1) is 0 Å². The number of ether oxygens (including phenoxy) is 3. The number of hydrogen-bond donors (Lipinski definition) is 0. The SMILES string of the molecule is Fc1cc(C2=CCC3(CC2)OCCO3)ccc1OCc1ccccc1. The van der Waals surface area contributed by atoms with Gasteiger partial charge >= 0.3 is 0 Å². The Balaban J connectivity index is 1.44. The lowest BCUT2D eigenvalue weighted by Crippen LogP contribution is -2.31. The highest BCUT2D eigenvalue weighted by Gasteiger charge is 2.37. The molecule has 0 aromatic heterocycles. The first-order valence-electron chi connectivity index (χ1n) is 8.68. The first-order chi connectivity index (χ1) is 12.2. The summed E-state index contributed by atoms with van der Waals surface area (Å²) in [6.45, 7) is 1.67. The highest BCUT2D eigenvalue weighted by molar-refractivity contribution is 5.67. The molecule has 0 radical (unpaired) electrons. The van der Waals surface area contributed by atoms with Gasteiger partial charge in [0.05, 0.1) is 13.2 Å². The van der Waals surface area contributed by atoms with Crippen LogP contribution in [0.3, 0.4) is 0 Å². The van der Waals surface area contributed by atoms with Crippen molar-refractivity contribution < 1.29 is 18.6 Å². The van der Waals surface area contributed by atoms with Gasteiger partial charge in [-0.3, -0.25) is 0 Å². The van der Waals surface area contributed by atoms with E-state index in [0.29, 0.717) is 19.8 Å². The van der Waals surface area contributed by atoms with Gasteiger partial charge < -0.3 is 14.2 Å². The Morgan fingerprint density at radius 2 is 1.84 bits per heavy atom. The van der Waals surface area contributed by atoms with Crippen LogP contribution in [0.25, 0.3) is 5.57 Å². The highest BCUT2D eigenvalue weighted by atomic mass is 19.1. The molecule has 0 amide bonds. The monoisotopic (exact) mass is 340 g/mol. The molecule has 1 aliphatic heterocycles. The molecule has 1 fully saturated rings. The number of halogens is 1. The third kappa shape index (κ3) is 3.60. The lowest BCUT2D eigenvalue weighted by Gasteiger charge is -2.30. The van der Waals surface area contributed by atoms with Crippen molar-refractivity contribution in [1.29, 1.82) is 0 Å². The Morgan fingerprint density at radius 1 is 1.04 bits per heavy atom. The van der Waals surface area contributed by atoms with Gasteiger partial charge in [0.1, 0.15) is 6.61 Å². The molecule has 1 saturated heterocycles.